The molecule has 75 heavy (non-hydrogen) atoms. The van der Waals surface area contributed by atoms with Gasteiger partial charge in [0.2, 0.25) is 0 Å². The van der Waals surface area contributed by atoms with Gasteiger partial charge >= 0.3 is 23.9 Å². The summed E-state index contributed by atoms with van der Waals surface area (Å²) in [7, 11) is 0. The second-order valence-corrected chi connectivity index (χ2v) is 19.2. The Kier molecular flexibility index (Phi) is 45.8. The number of carboxylic acids is 1. The molecule has 6 atom stereocenters. The fraction of sp³-hybridized carbons (Fsp3) is 0.651. The number of hydrogen-bond donors (Lipinski definition) is 3. The summed E-state index contributed by atoms with van der Waals surface area (Å²) in [5, 5.41) is 31.4. The molecule has 1 saturated heterocycles. The van der Waals surface area contributed by atoms with Crippen LogP contribution in [0.2, 0.25) is 0 Å². The molecule has 0 amide bonds. The molecule has 6 unspecified atom stereocenters. The molecule has 0 aliphatic carbocycles. The highest BCUT2D eigenvalue weighted by molar-refractivity contribution is 5.74. The summed E-state index contributed by atoms with van der Waals surface area (Å²) >= 11 is 0. The third-order valence-corrected chi connectivity index (χ3v) is 12.3. The highest BCUT2D eigenvalue weighted by Crippen LogP contribution is 2.26. The number of aliphatic carboxylic acids is 1. The van der Waals surface area contributed by atoms with Gasteiger partial charge < -0.3 is 39.0 Å². The van der Waals surface area contributed by atoms with Gasteiger partial charge in [-0.1, -0.05) is 194 Å². The van der Waals surface area contributed by atoms with Crippen molar-refractivity contribution in [1.82, 2.24) is 0 Å². The maximum atomic E-state index is 13.1. The Morgan fingerprint density at radius 2 is 0.853 bits per heavy atom. The second-order valence-electron chi connectivity index (χ2n) is 19.2. The van der Waals surface area contributed by atoms with Crippen LogP contribution in [0.4, 0.5) is 0 Å². The number of rotatable bonds is 47. The Morgan fingerprint density at radius 1 is 0.453 bits per heavy atom. The summed E-state index contributed by atoms with van der Waals surface area (Å²) in [6.45, 7) is 5.65. The minimum atomic E-state index is -1.92. The highest BCUT2D eigenvalue weighted by Gasteiger charge is 2.50. The average Bonchev–Trinajstić information content (AvgIpc) is 3.39. The fourth-order valence-corrected chi connectivity index (χ4v) is 7.93. The number of ether oxygens (including phenoxy) is 5. The lowest BCUT2D eigenvalue weighted by molar-refractivity contribution is -0.301. The van der Waals surface area contributed by atoms with Crippen molar-refractivity contribution in [1.29, 1.82) is 0 Å². The molecule has 0 radical (unpaired) electrons. The van der Waals surface area contributed by atoms with E-state index in [4.69, 9.17) is 23.7 Å². The molecule has 0 aromatic heterocycles. The Hall–Kier alpha value is -4.62. The Labute approximate surface area is 453 Å². The smallest absolute Gasteiger partial charge is 0.335 e. The molecule has 1 fully saturated rings. The zero-order chi connectivity index (χ0) is 54.7. The summed E-state index contributed by atoms with van der Waals surface area (Å²) in [6.07, 6.45) is 55.0. The quantitative estimate of drug-likeness (QED) is 0.0228. The van der Waals surface area contributed by atoms with Gasteiger partial charge in [0.25, 0.3) is 0 Å². The normalized spacial score (nSPS) is 19.0. The molecule has 12 nitrogen and oxygen atoms in total. The summed E-state index contributed by atoms with van der Waals surface area (Å²) in [5.41, 5.74) is 0. The molecule has 0 bridgehead atoms. The molecule has 3 N–H and O–H groups in total. The van der Waals surface area contributed by atoms with Crippen molar-refractivity contribution in [2.75, 3.05) is 13.2 Å². The van der Waals surface area contributed by atoms with E-state index in [0.717, 1.165) is 135 Å². The zero-order valence-electron chi connectivity index (χ0n) is 46.5. The van der Waals surface area contributed by atoms with Crippen molar-refractivity contribution < 1.29 is 58.2 Å². The van der Waals surface area contributed by atoms with Crippen LogP contribution in [0.3, 0.4) is 0 Å². The van der Waals surface area contributed by atoms with E-state index in [1.807, 2.05) is 6.08 Å². The third-order valence-electron chi connectivity index (χ3n) is 12.3. The van der Waals surface area contributed by atoms with Crippen LogP contribution in [0.25, 0.3) is 0 Å². The molecule has 0 saturated carbocycles. The van der Waals surface area contributed by atoms with E-state index in [0.29, 0.717) is 25.7 Å². The maximum Gasteiger partial charge on any atom is 0.335 e. The molecule has 0 aromatic carbocycles. The van der Waals surface area contributed by atoms with E-state index in [2.05, 4.69) is 124 Å². The van der Waals surface area contributed by atoms with Gasteiger partial charge in [-0.15, -0.1) is 0 Å². The largest absolute Gasteiger partial charge is 0.479 e. The second kappa shape index (κ2) is 50.2. The van der Waals surface area contributed by atoms with Crippen LogP contribution in [-0.4, -0.2) is 89.2 Å². The molecule has 12 heteroatoms. The fourth-order valence-electron chi connectivity index (χ4n) is 7.93. The van der Waals surface area contributed by atoms with Gasteiger partial charge in [-0.3, -0.25) is 14.4 Å². The van der Waals surface area contributed by atoms with Gasteiger partial charge in [0, 0.05) is 19.3 Å². The predicted molar refractivity (Wildman–Crippen MR) is 303 cm³/mol. The number of hydrogen-bond acceptors (Lipinski definition) is 11. The van der Waals surface area contributed by atoms with Crippen LogP contribution in [0.15, 0.2) is 109 Å². The van der Waals surface area contributed by atoms with Crippen molar-refractivity contribution in [3.05, 3.63) is 109 Å². The van der Waals surface area contributed by atoms with Gasteiger partial charge in [0.1, 0.15) is 18.8 Å². The highest BCUT2D eigenvalue weighted by atomic mass is 16.7. The third kappa shape index (κ3) is 40.3. The van der Waals surface area contributed by atoms with Crippen molar-refractivity contribution in [3.8, 4) is 0 Å². The van der Waals surface area contributed by atoms with Crippen molar-refractivity contribution >= 4 is 23.9 Å². The number of aliphatic hydroxyl groups is 2. The number of aliphatic hydroxyl groups excluding tert-OH is 2. The van der Waals surface area contributed by atoms with Crippen molar-refractivity contribution in [2.24, 2.45) is 0 Å². The van der Waals surface area contributed by atoms with E-state index >= 15 is 0 Å². The lowest BCUT2D eigenvalue weighted by Gasteiger charge is -2.40. The van der Waals surface area contributed by atoms with Gasteiger partial charge in [0.05, 0.1) is 6.61 Å². The molecule has 424 valence electrons. The molecule has 1 aliphatic rings. The first-order valence-electron chi connectivity index (χ1n) is 28.9. The number of carbonyl (C=O) groups is 4. The number of carboxylic acid groups (broad SMARTS) is 1. The molecule has 0 aromatic rings. The molecular formula is C63H100O12. The monoisotopic (exact) mass is 1050 g/mol. The lowest BCUT2D eigenvalue weighted by atomic mass is 9.98. The molecule has 1 heterocycles. The van der Waals surface area contributed by atoms with Crippen LogP contribution in [0.1, 0.15) is 213 Å². The van der Waals surface area contributed by atoms with Crippen LogP contribution >= 0.6 is 0 Å². The number of allylic oxidation sites excluding steroid dienone is 18. The van der Waals surface area contributed by atoms with Crippen LogP contribution < -0.4 is 0 Å². The minimum Gasteiger partial charge on any atom is -0.479 e. The first-order chi connectivity index (χ1) is 36.6. The number of carbonyl (C=O) groups excluding carboxylic acids is 3. The predicted octanol–water partition coefficient (Wildman–Crippen LogP) is 14.7. The first kappa shape index (κ1) is 68.4. The van der Waals surface area contributed by atoms with Crippen LogP contribution in [0.5, 0.6) is 0 Å². The summed E-state index contributed by atoms with van der Waals surface area (Å²) in [4.78, 5) is 51.0. The van der Waals surface area contributed by atoms with Gasteiger partial charge in [-0.25, -0.2) is 4.79 Å². The van der Waals surface area contributed by atoms with E-state index in [-0.39, 0.29) is 25.9 Å². The topological polar surface area (TPSA) is 175 Å². The molecule has 1 aliphatic heterocycles. The van der Waals surface area contributed by atoms with Crippen molar-refractivity contribution in [3.63, 3.8) is 0 Å². The van der Waals surface area contributed by atoms with Crippen LogP contribution in [-0.2, 0) is 42.9 Å². The molecule has 1 rings (SSSR count). The van der Waals surface area contributed by atoms with E-state index in [9.17, 15) is 34.5 Å². The standard InChI is InChI=1S/C63H100O12/c1-4-7-10-13-16-19-22-24-26-28-30-32-35-37-40-43-46-49-55(64)71-52-54(73-56(65)50-47-44-41-39-36-33-31-29-27-25-23-20-17-14-11-8-5-2)53-72-63-61(59(68)58(67)60(75-63)62(69)70)74-57(66)51-48-45-42-38-34-21-18-15-12-9-6-3/h7-8,10-11,15-20,24-27,30,32,37,40,54,58-61,63,67-68H,4-6,9,12-14,21-23,28-29,31,33-36,38-39,41-53H2,1-3H3,(H,69,70)/b10-7-,11-8-,18-15-,19-16-,20-17-,26-24-,27-25-,32-30-,40-37-. The average molecular weight is 1050 g/mol. The van der Waals surface area contributed by atoms with E-state index in [1.165, 1.54) is 12.8 Å². The van der Waals surface area contributed by atoms with Crippen LogP contribution in [0, 0.1) is 0 Å². The number of unbranched alkanes of at least 4 members (excludes halogenated alkanes) is 15. The van der Waals surface area contributed by atoms with Gasteiger partial charge in [-0.2, -0.15) is 0 Å². The van der Waals surface area contributed by atoms with Crippen molar-refractivity contribution in [2.45, 2.75) is 250 Å². The van der Waals surface area contributed by atoms with E-state index in [1.54, 1.807) is 0 Å². The maximum absolute atomic E-state index is 13.1. The number of esters is 3. The zero-order valence-corrected chi connectivity index (χ0v) is 46.5. The molecular weight excluding hydrogens is 949 g/mol. The van der Waals surface area contributed by atoms with E-state index < -0.39 is 67.3 Å². The Balaban J connectivity index is 2.75. The SMILES string of the molecule is CC/C=C\C/C=C\C/C=C\C/C=C\C/C=C\CCCC(=O)OCC(COC1OC(C(=O)O)C(O)C(O)C1OC(=O)CCCCCCC/C=C\CCCC)OC(=O)CCCCCCCCC/C=C\C/C=C\C/C=C\CC. The summed E-state index contributed by atoms with van der Waals surface area (Å²) in [5.74, 6) is -3.24. The molecule has 0 spiro atoms. The minimum absolute atomic E-state index is 0.0380. The first-order valence-corrected chi connectivity index (χ1v) is 28.9. The Morgan fingerprint density at radius 3 is 1.33 bits per heavy atom. The summed E-state index contributed by atoms with van der Waals surface area (Å²) in [6, 6.07) is 0. The van der Waals surface area contributed by atoms with Gasteiger partial charge in [0.15, 0.2) is 24.6 Å². The summed E-state index contributed by atoms with van der Waals surface area (Å²) < 4.78 is 28.3. The lowest BCUT2D eigenvalue weighted by Crippen LogP contribution is -2.61. The van der Waals surface area contributed by atoms with Gasteiger partial charge in [-0.05, 0) is 109 Å². The Bertz CT molecular complexity index is 1720.